The fourth-order valence-electron chi connectivity index (χ4n) is 1.92. The molecule has 0 unspecified atom stereocenters. The number of carbonyl (C=O) groups excluding carboxylic acids is 1. The molecule has 0 radical (unpaired) electrons. The fraction of sp³-hybridized carbons (Fsp3) is 0.267. The van der Waals surface area contributed by atoms with E-state index in [2.05, 4.69) is 10.3 Å². The van der Waals surface area contributed by atoms with Crippen LogP contribution in [0.5, 0.6) is 0 Å². The van der Waals surface area contributed by atoms with Crippen molar-refractivity contribution in [3.05, 3.63) is 42.5 Å². The third-order valence-corrected chi connectivity index (χ3v) is 4.36. The van der Waals surface area contributed by atoms with Crippen LogP contribution >= 0.6 is 0 Å². The Morgan fingerprint density at radius 1 is 1.10 bits per heavy atom. The summed E-state index contributed by atoms with van der Waals surface area (Å²) < 4.78 is 24.3. The quantitative estimate of drug-likeness (QED) is 0.804. The number of unbranched alkanes of at least 4 members (excludes halogenated alkanes) is 1. The van der Waals surface area contributed by atoms with Crippen LogP contribution in [0, 0.1) is 0 Å². The van der Waals surface area contributed by atoms with Crippen LogP contribution < -0.4 is 10.3 Å². The van der Waals surface area contributed by atoms with Gasteiger partial charge in [0, 0.05) is 6.42 Å². The smallest absolute Gasteiger partial charge is 0.257 e. The number of hydrazine groups is 1. The van der Waals surface area contributed by atoms with Crippen molar-refractivity contribution < 1.29 is 13.2 Å². The second-order valence-electron chi connectivity index (χ2n) is 4.77. The number of sulfonamides is 1. The Bertz CT molecular complexity index is 741. The van der Waals surface area contributed by atoms with Crippen molar-refractivity contribution in [1.29, 1.82) is 0 Å². The molecule has 0 fully saturated rings. The maximum Gasteiger partial charge on any atom is 0.257 e. The summed E-state index contributed by atoms with van der Waals surface area (Å²) in [7, 11) is -3.75. The minimum absolute atomic E-state index is 0.122. The number of amides is 1. The highest BCUT2D eigenvalue weighted by molar-refractivity contribution is 7.89. The summed E-state index contributed by atoms with van der Waals surface area (Å²) in [4.78, 5) is 13.7. The van der Waals surface area contributed by atoms with Gasteiger partial charge in [0.1, 0.15) is 0 Å². The van der Waals surface area contributed by atoms with Crippen molar-refractivity contribution in [2.45, 2.75) is 31.1 Å². The van der Waals surface area contributed by atoms with Gasteiger partial charge in [-0.2, -0.15) is 0 Å². The van der Waals surface area contributed by atoms with E-state index in [0.717, 1.165) is 23.6 Å². The third-order valence-electron chi connectivity index (χ3n) is 3.11. The lowest BCUT2D eigenvalue weighted by molar-refractivity contribution is -0.121. The molecule has 0 spiro atoms. The van der Waals surface area contributed by atoms with E-state index >= 15 is 0 Å². The molecule has 6 heteroatoms. The van der Waals surface area contributed by atoms with Gasteiger partial charge in [0.15, 0.2) is 0 Å². The highest BCUT2D eigenvalue weighted by Crippen LogP contribution is 2.18. The average molecular weight is 306 g/mol. The molecule has 0 bridgehead atoms. The zero-order valence-electron chi connectivity index (χ0n) is 11.8. The summed E-state index contributed by atoms with van der Waals surface area (Å²) in [6.07, 6.45) is 1.91. The number of hydrogen-bond acceptors (Lipinski definition) is 3. The standard InChI is InChI=1S/C15H18N2O3S/c1-2-3-8-15(18)16-17-21(19,20)14-10-9-12-6-4-5-7-13(12)11-14/h4-7,9-11,17H,2-3,8H2,1H3,(H,16,18). The summed E-state index contributed by atoms with van der Waals surface area (Å²) in [6, 6.07) is 12.3. The Balaban J connectivity index is 2.12. The van der Waals surface area contributed by atoms with E-state index in [9.17, 15) is 13.2 Å². The Labute approximate surface area is 124 Å². The molecule has 0 aromatic heterocycles. The van der Waals surface area contributed by atoms with Gasteiger partial charge in [-0.1, -0.05) is 43.7 Å². The Morgan fingerprint density at radius 2 is 1.81 bits per heavy atom. The van der Waals surface area contributed by atoms with Crippen LogP contribution in [0.25, 0.3) is 10.8 Å². The van der Waals surface area contributed by atoms with Crippen LogP contribution in [0.4, 0.5) is 0 Å². The Morgan fingerprint density at radius 3 is 2.52 bits per heavy atom. The maximum absolute atomic E-state index is 12.1. The lowest BCUT2D eigenvalue weighted by Gasteiger charge is -2.09. The van der Waals surface area contributed by atoms with Crippen molar-refractivity contribution in [2.75, 3.05) is 0 Å². The third kappa shape index (κ3) is 4.03. The summed E-state index contributed by atoms with van der Waals surface area (Å²) in [6.45, 7) is 1.96. The molecule has 0 saturated heterocycles. The van der Waals surface area contributed by atoms with Crippen LogP contribution in [0.15, 0.2) is 47.4 Å². The zero-order valence-corrected chi connectivity index (χ0v) is 12.6. The largest absolute Gasteiger partial charge is 0.278 e. The minimum atomic E-state index is -3.75. The zero-order chi connectivity index (χ0) is 15.3. The van der Waals surface area contributed by atoms with E-state index in [1.54, 1.807) is 12.1 Å². The van der Waals surface area contributed by atoms with Crippen LogP contribution in [0.3, 0.4) is 0 Å². The molecule has 0 atom stereocenters. The van der Waals surface area contributed by atoms with E-state index in [1.807, 2.05) is 31.2 Å². The van der Waals surface area contributed by atoms with Gasteiger partial charge >= 0.3 is 0 Å². The van der Waals surface area contributed by atoms with Gasteiger partial charge in [0.05, 0.1) is 4.90 Å². The first kappa shape index (κ1) is 15.5. The van der Waals surface area contributed by atoms with Gasteiger partial charge in [-0.15, -0.1) is 4.83 Å². The van der Waals surface area contributed by atoms with Crippen LogP contribution in [0.2, 0.25) is 0 Å². The average Bonchev–Trinajstić information content (AvgIpc) is 2.50. The Kier molecular flexibility index (Phi) is 4.93. The number of rotatable bonds is 6. The molecule has 2 aromatic rings. The molecule has 2 N–H and O–H groups in total. The molecular formula is C15H18N2O3S. The lowest BCUT2D eigenvalue weighted by atomic mass is 10.1. The number of benzene rings is 2. The first-order valence-corrected chi connectivity index (χ1v) is 8.30. The molecule has 5 nitrogen and oxygen atoms in total. The SMILES string of the molecule is CCCCC(=O)NNS(=O)(=O)c1ccc2ccccc2c1. The van der Waals surface area contributed by atoms with Crippen LogP contribution in [-0.4, -0.2) is 14.3 Å². The first-order chi connectivity index (χ1) is 10.0. The predicted octanol–water partition coefficient (Wildman–Crippen LogP) is 2.34. The second kappa shape index (κ2) is 6.69. The normalized spacial score (nSPS) is 11.5. The van der Waals surface area contributed by atoms with Crippen molar-refractivity contribution in [1.82, 2.24) is 10.3 Å². The van der Waals surface area contributed by atoms with Gasteiger partial charge in [0.25, 0.3) is 10.0 Å². The van der Waals surface area contributed by atoms with Gasteiger partial charge in [-0.05, 0) is 29.3 Å². The molecule has 1 amide bonds. The summed E-state index contributed by atoms with van der Waals surface area (Å²) in [5, 5.41) is 1.79. The molecule has 21 heavy (non-hydrogen) atoms. The molecule has 2 rings (SSSR count). The van der Waals surface area contributed by atoms with Gasteiger partial charge in [-0.25, -0.2) is 8.42 Å². The van der Waals surface area contributed by atoms with E-state index in [4.69, 9.17) is 0 Å². The lowest BCUT2D eigenvalue weighted by Crippen LogP contribution is -2.41. The number of hydrogen-bond donors (Lipinski definition) is 2. The highest BCUT2D eigenvalue weighted by atomic mass is 32.2. The van der Waals surface area contributed by atoms with E-state index in [0.29, 0.717) is 6.42 Å². The van der Waals surface area contributed by atoms with Crippen LogP contribution in [-0.2, 0) is 14.8 Å². The van der Waals surface area contributed by atoms with E-state index < -0.39 is 10.0 Å². The highest BCUT2D eigenvalue weighted by Gasteiger charge is 2.15. The van der Waals surface area contributed by atoms with Gasteiger partial charge in [0.2, 0.25) is 5.91 Å². The fourth-order valence-corrected chi connectivity index (χ4v) is 2.81. The second-order valence-corrected chi connectivity index (χ2v) is 6.45. The van der Waals surface area contributed by atoms with Gasteiger partial charge < -0.3 is 0 Å². The monoisotopic (exact) mass is 306 g/mol. The van der Waals surface area contributed by atoms with Crippen LogP contribution in [0.1, 0.15) is 26.2 Å². The van der Waals surface area contributed by atoms with E-state index in [1.165, 1.54) is 6.07 Å². The van der Waals surface area contributed by atoms with Crippen molar-refractivity contribution in [3.8, 4) is 0 Å². The molecule has 112 valence electrons. The van der Waals surface area contributed by atoms with Crippen molar-refractivity contribution >= 4 is 26.7 Å². The minimum Gasteiger partial charge on any atom is -0.278 e. The molecule has 0 heterocycles. The topological polar surface area (TPSA) is 75.3 Å². The summed E-state index contributed by atoms with van der Waals surface area (Å²) in [5.41, 5.74) is 2.23. The molecule has 0 saturated carbocycles. The predicted molar refractivity (Wildman–Crippen MR) is 81.9 cm³/mol. The van der Waals surface area contributed by atoms with E-state index in [-0.39, 0.29) is 10.8 Å². The molecule has 2 aromatic carbocycles. The first-order valence-electron chi connectivity index (χ1n) is 6.82. The maximum atomic E-state index is 12.1. The summed E-state index contributed by atoms with van der Waals surface area (Å²) >= 11 is 0. The molecule has 0 aliphatic rings. The van der Waals surface area contributed by atoms with Gasteiger partial charge in [-0.3, -0.25) is 10.2 Å². The molecule has 0 aliphatic carbocycles. The van der Waals surface area contributed by atoms with Crippen molar-refractivity contribution in [2.24, 2.45) is 0 Å². The number of carbonyl (C=O) groups is 1. The molecule has 0 aliphatic heterocycles. The van der Waals surface area contributed by atoms with Crippen molar-refractivity contribution in [3.63, 3.8) is 0 Å². The Hall–Kier alpha value is -1.92. The number of nitrogens with one attached hydrogen (secondary N) is 2. The summed E-state index contributed by atoms with van der Waals surface area (Å²) in [5.74, 6) is -0.332. The number of fused-ring (bicyclic) bond motifs is 1. The molecular weight excluding hydrogens is 288 g/mol.